The van der Waals surface area contributed by atoms with Gasteiger partial charge >= 0.3 is 11.9 Å². The first-order chi connectivity index (χ1) is 8.90. The number of aromatic nitrogens is 1. The lowest BCUT2D eigenvalue weighted by Gasteiger charge is -1.98. The smallest absolute Gasteiger partial charge is 0.352 e. The molecule has 1 heterocycles. The van der Waals surface area contributed by atoms with E-state index in [4.69, 9.17) is 33.4 Å². The summed E-state index contributed by atoms with van der Waals surface area (Å²) >= 11 is 11.9. The highest BCUT2D eigenvalue weighted by Gasteiger charge is 2.18. The van der Waals surface area contributed by atoms with E-state index in [9.17, 15) is 9.59 Å². The van der Waals surface area contributed by atoms with Gasteiger partial charge in [-0.05, 0) is 18.2 Å². The van der Waals surface area contributed by atoms with Crippen molar-refractivity contribution >= 4 is 52.1 Å². The normalized spacial score (nSPS) is 11.3. The molecule has 0 saturated heterocycles. The first-order valence-corrected chi connectivity index (χ1v) is 5.80. The molecule has 0 fully saturated rings. The number of fused-ring (bicyclic) bond motifs is 1. The lowest BCUT2D eigenvalue weighted by atomic mass is 10.1. The summed E-state index contributed by atoms with van der Waals surface area (Å²) in [5.74, 6) is -2.40. The van der Waals surface area contributed by atoms with E-state index < -0.39 is 11.9 Å². The van der Waals surface area contributed by atoms with Crippen LogP contribution >= 0.6 is 23.2 Å². The molecule has 98 valence electrons. The first kappa shape index (κ1) is 13.5. The number of aromatic amines is 1. The minimum absolute atomic E-state index is 0.142. The number of benzene rings is 1. The Morgan fingerprint density at radius 2 is 1.89 bits per heavy atom. The Kier molecular flexibility index (Phi) is 3.50. The van der Waals surface area contributed by atoms with Crippen LogP contribution in [0.4, 0.5) is 0 Å². The highest BCUT2D eigenvalue weighted by atomic mass is 35.5. The van der Waals surface area contributed by atoms with Crippen molar-refractivity contribution in [1.29, 1.82) is 0 Å². The molecule has 0 aliphatic heterocycles. The molecule has 1 aromatic heterocycles. The van der Waals surface area contributed by atoms with Crippen molar-refractivity contribution in [3.05, 3.63) is 39.5 Å². The highest BCUT2D eigenvalue weighted by Crippen LogP contribution is 2.33. The van der Waals surface area contributed by atoms with Gasteiger partial charge in [0.05, 0.1) is 5.02 Å². The van der Waals surface area contributed by atoms with Crippen LogP contribution in [0.2, 0.25) is 10.0 Å². The number of carboxylic acid groups (broad SMARTS) is 2. The summed E-state index contributed by atoms with van der Waals surface area (Å²) in [6.07, 6.45) is 2.03. The van der Waals surface area contributed by atoms with Crippen LogP contribution in [0, 0.1) is 0 Å². The number of nitrogens with one attached hydrogen (secondary N) is 1. The zero-order valence-corrected chi connectivity index (χ0v) is 10.8. The number of carboxylic acids is 2. The van der Waals surface area contributed by atoms with E-state index >= 15 is 0 Å². The molecule has 2 rings (SSSR count). The van der Waals surface area contributed by atoms with Gasteiger partial charge in [0.15, 0.2) is 0 Å². The number of H-pyrrole nitrogens is 1. The minimum atomic E-state index is -1.21. The summed E-state index contributed by atoms with van der Waals surface area (Å²) < 4.78 is 0. The first-order valence-electron chi connectivity index (χ1n) is 5.05. The molecule has 0 atom stereocenters. The van der Waals surface area contributed by atoms with Crippen LogP contribution in [0.25, 0.3) is 17.0 Å². The molecule has 1 aromatic carbocycles. The fourth-order valence-corrected chi connectivity index (χ4v) is 2.36. The number of carbonyl (C=O) groups is 2. The molecule has 0 saturated carbocycles. The fraction of sp³-hybridized carbons (Fsp3) is 0. The van der Waals surface area contributed by atoms with Crippen LogP contribution in [-0.4, -0.2) is 27.1 Å². The second-order valence-corrected chi connectivity index (χ2v) is 4.54. The van der Waals surface area contributed by atoms with E-state index in [1.807, 2.05) is 0 Å². The minimum Gasteiger partial charge on any atom is -0.478 e. The van der Waals surface area contributed by atoms with Crippen molar-refractivity contribution in [2.75, 3.05) is 0 Å². The maximum Gasteiger partial charge on any atom is 0.352 e. The van der Waals surface area contributed by atoms with Crippen LogP contribution in [0.1, 0.15) is 16.1 Å². The van der Waals surface area contributed by atoms with Gasteiger partial charge in [-0.1, -0.05) is 23.2 Å². The Morgan fingerprint density at radius 1 is 1.21 bits per heavy atom. The van der Waals surface area contributed by atoms with E-state index in [1.54, 1.807) is 0 Å². The molecular weight excluding hydrogens is 293 g/mol. The van der Waals surface area contributed by atoms with Crippen LogP contribution in [0.15, 0.2) is 18.2 Å². The Hall–Kier alpha value is -1.98. The van der Waals surface area contributed by atoms with Crippen molar-refractivity contribution in [3.63, 3.8) is 0 Å². The predicted molar refractivity (Wildman–Crippen MR) is 71.9 cm³/mol. The van der Waals surface area contributed by atoms with Gasteiger partial charge in [0.2, 0.25) is 0 Å². The van der Waals surface area contributed by atoms with Gasteiger partial charge in [0.25, 0.3) is 0 Å². The molecule has 0 unspecified atom stereocenters. The molecule has 0 radical (unpaired) electrons. The van der Waals surface area contributed by atoms with Crippen molar-refractivity contribution in [2.45, 2.75) is 0 Å². The van der Waals surface area contributed by atoms with Crippen LogP contribution in [0.5, 0.6) is 0 Å². The van der Waals surface area contributed by atoms with E-state index in [-0.39, 0.29) is 16.3 Å². The van der Waals surface area contributed by atoms with Gasteiger partial charge < -0.3 is 15.2 Å². The van der Waals surface area contributed by atoms with Gasteiger partial charge in [-0.15, -0.1) is 0 Å². The third-order valence-electron chi connectivity index (χ3n) is 2.46. The number of rotatable bonds is 3. The summed E-state index contributed by atoms with van der Waals surface area (Å²) in [7, 11) is 0. The third kappa shape index (κ3) is 2.57. The molecule has 0 spiro atoms. The van der Waals surface area contributed by atoms with Crippen LogP contribution < -0.4 is 0 Å². The van der Waals surface area contributed by atoms with Gasteiger partial charge in [-0.2, -0.15) is 0 Å². The Morgan fingerprint density at radius 3 is 2.47 bits per heavy atom. The fourth-order valence-electron chi connectivity index (χ4n) is 1.76. The molecule has 2 aromatic rings. The van der Waals surface area contributed by atoms with Gasteiger partial charge in [-0.25, -0.2) is 9.59 Å². The number of halogens is 2. The molecule has 0 aliphatic rings. The summed E-state index contributed by atoms with van der Waals surface area (Å²) in [5, 5.41) is 18.7. The quantitative estimate of drug-likeness (QED) is 0.759. The van der Waals surface area contributed by atoms with E-state index in [0.717, 1.165) is 6.08 Å². The van der Waals surface area contributed by atoms with Crippen LogP contribution in [-0.2, 0) is 4.79 Å². The zero-order valence-electron chi connectivity index (χ0n) is 9.28. The summed E-state index contributed by atoms with van der Waals surface area (Å²) in [6.45, 7) is 0. The molecule has 3 N–H and O–H groups in total. The number of aromatic carboxylic acids is 1. The molecule has 0 aliphatic carbocycles. The summed E-state index contributed by atoms with van der Waals surface area (Å²) in [4.78, 5) is 24.4. The molecule has 0 amide bonds. The molecule has 5 nitrogen and oxygen atoms in total. The second-order valence-electron chi connectivity index (χ2n) is 3.70. The van der Waals surface area contributed by atoms with Crippen molar-refractivity contribution in [2.24, 2.45) is 0 Å². The Labute approximate surface area is 117 Å². The number of hydrogen-bond acceptors (Lipinski definition) is 2. The van der Waals surface area contributed by atoms with E-state index in [0.29, 0.717) is 15.9 Å². The predicted octanol–water partition coefficient (Wildman–Crippen LogP) is 3.27. The Bertz CT molecular complexity index is 718. The highest BCUT2D eigenvalue weighted by molar-refractivity contribution is 6.39. The topological polar surface area (TPSA) is 90.4 Å². The zero-order chi connectivity index (χ0) is 14.2. The Balaban J connectivity index is 2.80. The largest absolute Gasteiger partial charge is 0.478 e. The van der Waals surface area contributed by atoms with Gasteiger partial charge in [0, 0.05) is 27.6 Å². The summed E-state index contributed by atoms with van der Waals surface area (Å²) in [5.41, 5.74) is 0.489. The van der Waals surface area contributed by atoms with E-state index in [2.05, 4.69) is 4.98 Å². The maximum atomic E-state index is 11.1. The average molecular weight is 300 g/mol. The third-order valence-corrected chi connectivity index (χ3v) is 2.98. The average Bonchev–Trinajstić information content (AvgIpc) is 2.64. The summed E-state index contributed by atoms with van der Waals surface area (Å²) in [6, 6.07) is 2.98. The standard InChI is InChI=1S/C12H7Cl2NO4/c13-5-3-7(14)10-6(1-2-9(16)17)11(12(18)19)15-8(10)4-5/h1-4,15H,(H,16,17)(H,18,19)/b2-1+. The molecule has 0 bridgehead atoms. The number of aliphatic carboxylic acids is 1. The van der Waals surface area contributed by atoms with Crippen molar-refractivity contribution in [1.82, 2.24) is 4.98 Å². The van der Waals surface area contributed by atoms with Gasteiger partial charge in [-0.3, -0.25) is 0 Å². The maximum absolute atomic E-state index is 11.1. The van der Waals surface area contributed by atoms with Crippen LogP contribution in [0.3, 0.4) is 0 Å². The lowest BCUT2D eigenvalue weighted by Crippen LogP contribution is -1.98. The van der Waals surface area contributed by atoms with Gasteiger partial charge in [0.1, 0.15) is 5.69 Å². The molecular formula is C12H7Cl2NO4. The monoisotopic (exact) mass is 299 g/mol. The SMILES string of the molecule is O=C(O)/C=C/c1c(C(=O)O)[nH]c2cc(Cl)cc(Cl)c12. The molecule has 19 heavy (non-hydrogen) atoms. The lowest BCUT2D eigenvalue weighted by molar-refractivity contribution is -0.131. The number of hydrogen-bond donors (Lipinski definition) is 3. The van der Waals surface area contributed by atoms with Crippen molar-refractivity contribution in [3.8, 4) is 0 Å². The van der Waals surface area contributed by atoms with E-state index in [1.165, 1.54) is 18.2 Å². The second kappa shape index (κ2) is 4.95. The molecule has 7 heteroatoms. The van der Waals surface area contributed by atoms with Crippen molar-refractivity contribution < 1.29 is 19.8 Å².